The van der Waals surface area contributed by atoms with E-state index in [9.17, 15) is 0 Å². The minimum absolute atomic E-state index is 1.14. The SMILES string of the molecule is CCc1cccc(CCCCc2cc(C)ccc2CC)c1. The first kappa shape index (κ1) is 15.8. The number of rotatable bonds is 7. The van der Waals surface area contributed by atoms with Gasteiger partial charge in [0.1, 0.15) is 0 Å². The van der Waals surface area contributed by atoms with E-state index in [0.29, 0.717) is 0 Å². The average molecular weight is 280 g/mol. The van der Waals surface area contributed by atoms with Crippen molar-refractivity contribution in [3.63, 3.8) is 0 Å². The maximum Gasteiger partial charge on any atom is -0.0276 e. The zero-order chi connectivity index (χ0) is 15.1. The van der Waals surface area contributed by atoms with E-state index in [0.717, 1.165) is 12.8 Å². The standard InChI is InChI=1S/C21H28/c1-4-18-10-8-11-19(16-18)9-6-7-12-21-15-17(3)13-14-20(21)5-2/h8,10-11,13-16H,4-7,9,12H2,1-3H3. The molecule has 0 saturated carbocycles. The smallest absolute Gasteiger partial charge is 0.0276 e. The molecule has 0 aliphatic heterocycles. The van der Waals surface area contributed by atoms with Crippen molar-refractivity contribution < 1.29 is 0 Å². The second kappa shape index (κ2) is 8.02. The van der Waals surface area contributed by atoms with Crippen LogP contribution in [0.3, 0.4) is 0 Å². The molecule has 2 aromatic carbocycles. The van der Waals surface area contributed by atoms with Crippen LogP contribution in [0.5, 0.6) is 0 Å². The third kappa shape index (κ3) is 4.74. The molecule has 0 bridgehead atoms. The van der Waals surface area contributed by atoms with Crippen LogP contribution < -0.4 is 0 Å². The van der Waals surface area contributed by atoms with Gasteiger partial charge in [0.25, 0.3) is 0 Å². The predicted molar refractivity (Wildman–Crippen MR) is 93.0 cm³/mol. The topological polar surface area (TPSA) is 0 Å². The zero-order valence-electron chi connectivity index (χ0n) is 13.8. The Morgan fingerprint density at radius 3 is 2.24 bits per heavy atom. The van der Waals surface area contributed by atoms with Crippen LogP contribution in [-0.4, -0.2) is 0 Å². The van der Waals surface area contributed by atoms with Crippen LogP contribution in [0.25, 0.3) is 0 Å². The van der Waals surface area contributed by atoms with Gasteiger partial charge < -0.3 is 0 Å². The molecule has 0 saturated heterocycles. The van der Waals surface area contributed by atoms with Gasteiger partial charge in [-0.1, -0.05) is 61.9 Å². The van der Waals surface area contributed by atoms with Gasteiger partial charge in [0.2, 0.25) is 0 Å². The van der Waals surface area contributed by atoms with E-state index in [-0.39, 0.29) is 0 Å². The summed E-state index contributed by atoms with van der Waals surface area (Å²) >= 11 is 0. The minimum atomic E-state index is 1.14. The highest BCUT2D eigenvalue weighted by atomic mass is 14.1. The molecule has 2 aromatic rings. The molecular formula is C21H28. The van der Waals surface area contributed by atoms with E-state index in [1.807, 2.05) is 0 Å². The van der Waals surface area contributed by atoms with Gasteiger partial charge in [-0.2, -0.15) is 0 Å². The van der Waals surface area contributed by atoms with Crippen molar-refractivity contribution in [3.8, 4) is 0 Å². The lowest BCUT2D eigenvalue weighted by atomic mass is 9.96. The molecule has 2 rings (SSSR count). The molecule has 0 heteroatoms. The van der Waals surface area contributed by atoms with E-state index in [4.69, 9.17) is 0 Å². The van der Waals surface area contributed by atoms with Crippen LogP contribution in [-0.2, 0) is 25.7 Å². The molecule has 112 valence electrons. The Kier molecular flexibility index (Phi) is 6.04. The normalized spacial score (nSPS) is 10.8. The van der Waals surface area contributed by atoms with E-state index >= 15 is 0 Å². The number of unbranched alkanes of at least 4 members (excludes halogenated alkanes) is 1. The van der Waals surface area contributed by atoms with Crippen LogP contribution in [0.2, 0.25) is 0 Å². The van der Waals surface area contributed by atoms with Gasteiger partial charge >= 0.3 is 0 Å². The van der Waals surface area contributed by atoms with Crippen molar-refractivity contribution in [2.24, 2.45) is 0 Å². The van der Waals surface area contributed by atoms with Crippen molar-refractivity contribution in [1.82, 2.24) is 0 Å². The molecule has 0 aliphatic rings. The van der Waals surface area contributed by atoms with Crippen LogP contribution in [0, 0.1) is 6.92 Å². The summed E-state index contributed by atoms with van der Waals surface area (Å²) in [5, 5.41) is 0. The fraction of sp³-hybridized carbons (Fsp3) is 0.429. The summed E-state index contributed by atoms with van der Waals surface area (Å²) in [7, 11) is 0. The average Bonchev–Trinajstić information content (AvgIpc) is 2.52. The van der Waals surface area contributed by atoms with Crippen LogP contribution in [0.1, 0.15) is 54.5 Å². The summed E-state index contributed by atoms with van der Waals surface area (Å²) in [5.74, 6) is 0. The van der Waals surface area contributed by atoms with Crippen molar-refractivity contribution in [3.05, 3.63) is 70.3 Å². The summed E-state index contributed by atoms with van der Waals surface area (Å²) in [6.07, 6.45) is 7.28. The van der Waals surface area contributed by atoms with Crippen LogP contribution in [0.4, 0.5) is 0 Å². The highest BCUT2D eigenvalue weighted by molar-refractivity contribution is 5.31. The van der Waals surface area contributed by atoms with Gasteiger partial charge in [-0.05, 0) is 67.7 Å². The quantitative estimate of drug-likeness (QED) is 0.572. The molecule has 0 heterocycles. The highest BCUT2D eigenvalue weighted by Gasteiger charge is 2.02. The summed E-state index contributed by atoms with van der Waals surface area (Å²) in [6.45, 7) is 6.67. The van der Waals surface area contributed by atoms with Gasteiger partial charge in [0.05, 0.1) is 0 Å². The Bertz CT molecular complexity index is 566. The van der Waals surface area contributed by atoms with Gasteiger partial charge in [-0.15, -0.1) is 0 Å². The molecule has 0 fully saturated rings. The maximum absolute atomic E-state index is 2.37. The van der Waals surface area contributed by atoms with Crippen molar-refractivity contribution in [2.75, 3.05) is 0 Å². The maximum atomic E-state index is 2.37. The second-order valence-corrected chi connectivity index (χ2v) is 6.01. The van der Waals surface area contributed by atoms with Crippen molar-refractivity contribution in [2.45, 2.75) is 59.3 Å². The lowest BCUT2D eigenvalue weighted by Gasteiger charge is -2.09. The first-order valence-electron chi connectivity index (χ1n) is 8.39. The summed E-state index contributed by atoms with van der Waals surface area (Å²) < 4.78 is 0. The summed E-state index contributed by atoms with van der Waals surface area (Å²) in [4.78, 5) is 0. The van der Waals surface area contributed by atoms with Gasteiger partial charge in [-0.25, -0.2) is 0 Å². The van der Waals surface area contributed by atoms with Gasteiger partial charge in [-0.3, -0.25) is 0 Å². The Morgan fingerprint density at radius 1 is 0.714 bits per heavy atom. The molecule has 0 unspecified atom stereocenters. The Morgan fingerprint density at radius 2 is 1.48 bits per heavy atom. The summed E-state index contributed by atoms with van der Waals surface area (Å²) in [6, 6.07) is 16.0. The molecule has 0 atom stereocenters. The van der Waals surface area contributed by atoms with Crippen molar-refractivity contribution in [1.29, 1.82) is 0 Å². The fourth-order valence-electron chi connectivity index (χ4n) is 2.98. The molecule has 21 heavy (non-hydrogen) atoms. The summed E-state index contributed by atoms with van der Waals surface area (Å²) in [5.41, 5.74) is 7.42. The molecule has 0 radical (unpaired) electrons. The van der Waals surface area contributed by atoms with E-state index in [2.05, 4.69) is 63.2 Å². The van der Waals surface area contributed by atoms with Crippen molar-refractivity contribution >= 4 is 0 Å². The van der Waals surface area contributed by atoms with Crippen LogP contribution in [0.15, 0.2) is 42.5 Å². The zero-order valence-corrected chi connectivity index (χ0v) is 13.8. The number of aryl methyl sites for hydroxylation is 5. The number of hydrogen-bond donors (Lipinski definition) is 0. The molecular weight excluding hydrogens is 252 g/mol. The van der Waals surface area contributed by atoms with Gasteiger partial charge in [0, 0.05) is 0 Å². The Balaban J connectivity index is 1.85. The van der Waals surface area contributed by atoms with Gasteiger partial charge in [0.15, 0.2) is 0 Å². The molecule has 0 amide bonds. The van der Waals surface area contributed by atoms with Crippen LogP contribution >= 0.6 is 0 Å². The Hall–Kier alpha value is -1.56. The number of benzene rings is 2. The highest BCUT2D eigenvalue weighted by Crippen LogP contribution is 2.16. The molecule has 0 nitrogen and oxygen atoms in total. The first-order chi connectivity index (χ1) is 10.2. The molecule has 0 N–H and O–H groups in total. The monoisotopic (exact) mass is 280 g/mol. The van der Waals surface area contributed by atoms with E-state index in [1.165, 1.54) is 47.9 Å². The fourth-order valence-corrected chi connectivity index (χ4v) is 2.98. The second-order valence-electron chi connectivity index (χ2n) is 6.01. The minimum Gasteiger partial charge on any atom is -0.0617 e. The third-order valence-electron chi connectivity index (χ3n) is 4.30. The number of hydrogen-bond acceptors (Lipinski definition) is 0. The third-order valence-corrected chi connectivity index (χ3v) is 4.30. The Labute approximate surface area is 130 Å². The largest absolute Gasteiger partial charge is 0.0617 e. The first-order valence-corrected chi connectivity index (χ1v) is 8.39. The lowest BCUT2D eigenvalue weighted by molar-refractivity contribution is 0.729. The predicted octanol–water partition coefficient (Wildman–Crippen LogP) is 5.69. The van der Waals surface area contributed by atoms with E-state index < -0.39 is 0 Å². The van der Waals surface area contributed by atoms with E-state index in [1.54, 1.807) is 5.56 Å². The lowest BCUT2D eigenvalue weighted by Crippen LogP contribution is -1.95. The molecule has 0 aromatic heterocycles. The molecule has 0 aliphatic carbocycles. The molecule has 0 spiro atoms.